The predicted octanol–water partition coefficient (Wildman–Crippen LogP) is 2.47. The molecule has 2 saturated heterocycles. The second-order valence-electron chi connectivity index (χ2n) is 6.49. The Labute approximate surface area is 135 Å². The Hall–Kier alpha value is -0.950. The van der Waals surface area contributed by atoms with E-state index in [2.05, 4.69) is 11.9 Å². The summed E-state index contributed by atoms with van der Waals surface area (Å²) < 4.78 is 28.9. The minimum absolute atomic E-state index is 0.485. The molecule has 2 aliphatic rings. The zero-order valence-electron chi connectivity index (χ0n) is 12.6. The maximum absolute atomic E-state index is 13.1. The summed E-state index contributed by atoms with van der Waals surface area (Å²) in [4.78, 5) is 2.80. The molecule has 0 unspecified atom stereocenters. The molecule has 3 heterocycles. The molecule has 0 radical (unpaired) electrons. The quantitative estimate of drug-likeness (QED) is 0.846. The lowest BCUT2D eigenvalue weighted by molar-refractivity contribution is 0.178. The number of fused-ring (bicyclic) bond motifs is 2. The van der Waals surface area contributed by atoms with Gasteiger partial charge in [0.1, 0.15) is 4.90 Å². The van der Waals surface area contributed by atoms with Gasteiger partial charge in [-0.2, -0.15) is 4.31 Å². The topological polar surface area (TPSA) is 40.6 Å². The van der Waals surface area contributed by atoms with E-state index in [1.807, 2.05) is 24.3 Å². The van der Waals surface area contributed by atoms with Crippen LogP contribution in [-0.4, -0.2) is 50.8 Å². The summed E-state index contributed by atoms with van der Waals surface area (Å²) in [5, 5.41) is 2.66. The van der Waals surface area contributed by atoms with Crippen molar-refractivity contribution in [3.05, 3.63) is 29.6 Å². The van der Waals surface area contributed by atoms with Crippen LogP contribution in [0.2, 0.25) is 0 Å². The first-order valence-corrected chi connectivity index (χ1v) is 10.0. The molecular formula is C16H20N2O2S2. The molecule has 0 N–H and O–H groups in total. The van der Waals surface area contributed by atoms with Crippen molar-refractivity contribution in [2.75, 3.05) is 33.2 Å². The van der Waals surface area contributed by atoms with Crippen LogP contribution in [0.25, 0.3) is 10.1 Å². The van der Waals surface area contributed by atoms with Crippen LogP contribution in [0.1, 0.15) is 6.42 Å². The van der Waals surface area contributed by atoms with Gasteiger partial charge in [0.2, 0.25) is 10.0 Å². The van der Waals surface area contributed by atoms with Crippen molar-refractivity contribution < 1.29 is 8.42 Å². The molecule has 2 aromatic rings. The van der Waals surface area contributed by atoms with Crippen LogP contribution in [0.4, 0.5) is 0 Å². The Morgan fingerprint density at radius 1 is 1.14 bits per heavy atom. The molecule has 0 amide bonds. The molecule has 0 aliphatic carbocycles. The molecule has 1 aromatic carbocycles. The second kappa shape index (κ2) is 5.30. The van der Waals surface area contributed by atoms with E-state index >= 15 is 0 Å². The van der Waals surface area contributed by atoms with Gasteiger partial charge in [-0.15, -0.1) is 11.3 Å². The molecule has 2 fully saturated rings. The highest BCUT2D eigenvalue weighted by atomic mass is 32.2. The number of hydrogen-bond acceptors (Lipinski definition) is 4. The van der Waals surface area contributed by atoms with Gasteiger partial charge in [0.05, 0.1) is 0 Å². The average Bonchev–Trinajstić information content (AvgIpc) is 3.11. The van der Waals surface area contributed by atoms with Crippen molar-refractivity contribution in [2.24, 2.45) is 11.8 Å². The summed E-state index contributed by atoms with van der Waals surface area (Å²) in [6.07, 6.45) is 1.11. The van der Waals surface area contributed by atoms with E-state index < -0.39 is 10.0 Å². The smallest absolute Gasteiger partial charge is 0.244 e. The largest absolute Gasteiger partial charge is 0.306 e. The molecule has 22 heavy (non-hydrogen) atoms. The molecule has 2 aliphatic heterocycles. The zero-order valence-corrected chi connectivity index (χ0v) is 14.2. The van der Waals surface area contributed by atoms with Crippen LogP contribution in [0, 0.1) is 11.8 Å². The number of rotatable bonds is 2. The molecule has 1 aromatic heterocycles. The van der Waals surface area contributed by atoms with Crippen LogP contribution >= 0.6 is 11.3 Å². The summed E-state index contributed by atoms with van der Waals surface area (Å²) in [5.74, 6) is 1.01. The van der Waals surface area contributed by atoms with Gasteiger partial charge >= 0.3 is 0 Å². The zero-order chi connectivity index (χ0) is 15.3. The van der Waals surface area contributed by atoms with Crippen molar-refractivity contribution in [3.8, 4) is 0 Å². The summed E-state index contributed by atoms with van der Waals surface area (Å²) >= 11 is 1.51. The van der Waals surface area contributed by atoms with E-state index in [0.717, 1.165) is 29.6 Å². The maximum Gasteiger partial charge on any atom is 0.244 e. The van der Waals surface area contributed by atoms with E-state index in [9.17, 15) is 8.42 Å². The second-order valence-corrected chi connectivity index (χ2v) is 9.31. The Kier molecular flexibility index (Phi) is 3.52. The Morgan fingerprint density at radius 2 is 1.91 bits per heavy atom. The SMILES string of the molecule is CN1CC[C@@H]2CN(S(=O)(=O)c3csc4ccccc34)C[C@@H]2C1. The van der Waals surface area contributed by atoms with Crippen molar-refractivity contribution in [1.82, 2.24) is 9.21 Å². The van der Waals surface area contributed by atoms with Gasteiger partial charge in [-0.3, -0.25) is 0 Å². The molecule has 4 rings (SSSR count). The van der Waals surface area contributed by atoms with Gasteiger partial charge in [-0.1, -0.05) is 18.2 Å². The predicted molar refractivity (Wildman–Crippen MR) is 89.7 cm³/mol. The van der Waals surface area contributed by atoms with Crippen molar-refractivity contribution in [3.63, 3.8) is 0 Å². The number of likely N-dealkylation sites (tertiary alicyclic amines) is 1. The fourth-order valence-corrected chi connectivity index (χ4v) is 6.82. The number of nitrogens with zero attached hydrogens (tertiary/aromatic N) is 2. The van der Waals surface area contributed by atoms with Crippen LogP contribution < -0.4 is 0 Å². The minimum Gasteiger partial charge on any atom is -0.306 e. The van der Waals surface area contributed by atoms with Crippen molar-refractivity contribution in [2.45, 2.75) is 11.3 Å². The van der Waals surface area contributed by atoms with Gasteiger partial charge < -0.3 is 4.90 Å². The lowest BCUT2D eigenvalue weighted by Gasteiger charge is -2.31. The molecule has 2 atom stereocenters. The average molecular weight is 336 g/mol. The first kappa shape index (κ1) is 14.6. The third-order valence-electron chi connectivity index (χ3n) is 5.03. The van der Waals surface area contributed by atoms with Gasteiger partial charge in [-0.05, 0) is 37.9 Å². The number of benzene rings is 1. The summed E-state index contributed by atoms with van der Waals surface area (Å²) in [5.41, 5.74) is 0. The van der Waals surface area contributed by atoms with Gasteiger partial charge in [-0.25, -0.2) is 8.42 Å². The molecule has 0 bridgehead atoms. The van der Waals surface area contributed by atoms with E-state index in [1.165, 1.54) is 11.3 Å². The summed E-state index contributed by atoms with van der Waals surface area (Å²) in [6, 6.07) is 7.76. The monoisotopic (exact) mass is 336 g/mol. The molecule has 0 spiro atoms. The van der Waals surface area contributed by atoms with Gasteiger partial charge in [0.25, 0.3) is 0 Å². The highest BCUT2D eigenvalue weighted by molar-refractivity contribution is 7.89. The van der Waals surface area contributed by atoms with E-state index in [1.54, 1.807) is 9.69 Å². The number of hydrogen-bond donors (Lipinski definition) is 0. The Balaban J connectivity index is 1.67. The van der Waals surface area contributed by atoms with E-state index in [0.29, 0.717) is 29.8 Å². The first-order chi connectivity index (χ1) is 10.6. The van der Waals surface area contributed by atoms with Crippen molar-refractivity contribution >= 4 is 31.4 Å². The fraction of sp³-hybridized carbons (Fsp3) is 0.500. The Morgan fingerprint density at radius 3 is 2.77 bits per heavy atom. The van der Waals surface area contributed by atoms with E-state index in [-0.39, 0.29) is 0 Å². The highest BCUT2D eigenvalue weighted by Gasteiger charge is 2.41. The molecule has 118 valence electrons. The third kappa shape index (κ3) is 2.29. The maximum atomic E-state index is 13.1. The molecular weight excluding hydrogens is 316 g/mol. The normalized spacial score (nSPS) is 27.3. The summed E-state index contributed by atoms with van der Waals surface area (Å²) in [6.45, 7) is 3.45. The third-order valence-corrected chi connectivity index (χ3v) is 8.02. The van der Waals surface area contributed by atoms with Gasteiger partial charge in [0.15, 0.2) is 0 Å². The van der Waals surface area contributed by atoms with Crippen molar-refractivity contribution in [1.29, 1.82) is 0 Å². The first-order valence-electron chi connectivity index (χ1n) is 7.70. The lowest BCUT2D eigenvalue weighted by Crippen LogP contribution is -2.37. The van der Waals surface area contributed by atoms with Crippen LogP contribution in [0.15, 0.2) is 34.5 Å². The molecule has 6 heteroatoms. The minimum atomic E-state index is -3.37. The van der Waals surface area contributed by atoms with Crippen LogP contribution in [0.5, 0.6) is 0 Å². The van der Waals surface area contributed by atoms with Gasteiger partial charge in [0, 0.05) is 35.1 Å². The fourth-order valence-electron chi connectivity index (χ4n) is 3.80. The standard InChI is InChI=1S/C16H20N2O2S2/c1-17-7-6-12-9-18(10-13(12)8-17)22(19,20)16-11-21-15-5-3-2-4-14(15)16/h2-5,11-13H,6-10H2,1H3/t12-,13+/m1/s1. The number of piperidine rings is 1. The number of thiophene rings is 1. The van der Waals surface area contributed by atoms with E-state index in [4.69, 9.17) is 0 Å². The summed E-state index contributed by atoms with van der Waals surface area (Å²) in [7, 11) is -1.25. The molecule has 0 saturated carbocycles. The Bertz CT molecular complexity index is 799. The van der Waals surface area contributed by atoms with Crippen LogP contribution in [-0.2, 0) is 10.0 Å². The highest BCUT2D eigenvalue weighted by Crippen LogP contribution is 2.37. The lowest BCUT2D eigenvalue weighted by atomic mass is 9.89. The van der Waals surface area contributed by atoms with Crippen LogP contribution in [0.3, 0.4) is 0 Å². The number of sulfonamides is 1. The molecule has 4 nitrogen and oxygen atoms in total.